The molecule has 0 amide bonds. The van der Waals surface area contributed by atoms with Gasteiger partial charge in [0.1, 0.15) is 12.0 Å². The lowest BCUT2D eigenvalue weighted by molar-refractivity contribution is 0.632. The standard InChI is InChI=1S/C11H14N4/c1-8-5-11-14-10(6-15(11)7-13-8)9-3-2-4-12-9/h5-7,9,12H,2-4H2,1H3. The van der Waals surface area contributed by atoms with E-state index in [1.165, 1.54) is 12.8 Å². The predicted molar refractivity (Wildman–Crippen MR) is 57.7 cm³/mol. The van der Waals surface area contributed by atoms with Crippen LogP contribution < -0.4 is 5.32 Å². The Morgan fingerprint density at radius 1 is 1.53 bits per heavy atom. The molecule has 4 nitrogen and oxygen atoms in total. The van der Waals surface area contributed by atoms with E-state index in [9.17, 15) is 0 Å². The molecule has 1 fully saturated rings. The molecule has 1 aliphatic heterocycles. The maximum absolute atomic E-state index is 4.62. The molecule has 1 unspecified atom stereocenters. The average molecular weight is 202 g/mol. The summed E-state index contributed by atoms with van der Waals surface area (Å²) in [6.07, 6.45) is 6.34. The van der Waals surface area contributed by atoms with Gasteiger partial charge in [0, 0.05) is 18.0 Å². The fourth-order valence-electron chi connectivity index (χ4n) is 2.11. The summed E-state index contributed by atoms with van der Waals surface area (Å²) in [6, 6.07) is 2.45. The number of fused-ring (bicyclic) bond motifs is 1. The highest BCUT2D eigenvalue weighted by Gasteiger charge is 2.18. The van der Waals surface area contributed by atoms with Crippen LogP contribution in [0.25, 0.3) is 5.65 Å². The first-order valence-electron chi connectivity index (χ1n) is 5.37. The van der Waals surface area contributed by atoms with Crippen LogP contribution in [0.1, 0.15) is 30.3 Å². The molecule has 1 atom stereocenters. The molecule has 3 heterocycles. The Labute approximate surface area is 88.4 Å². The smallest absolute Gasteiger partial charge is 0.140 e. The number of hydrogen-bond acceptors (Lipinski definition) is 3. The molecule has 78 valence electrons. The third-order valence-corrected chi connectivity index (χ3v) is 2.92. The highest BCUT2D eigenvalue weighted by atomic mass is 15.1. The summed E-state index contributed by atoms with van der Waals surface area (Å²) in [4.78, 5) is 8.87. The van der Waals surface area contributed by atoms with E-state index in [1.807, 2.05) is 23.7 Å². The van der Waals surface area contributed by atoms with Crippen LogP contribution in [0.15, 0.2) is 18.6 Å². The Morgan fingerprint density at radius 3 is 3.27 bits per heavy atom. The first kappa shape index (κ1) is 8.85. The molecule has 1 N–H and O–H groups in total. The molecule has 2 aromatic rings. The largest absolute Gasteiger partial charge is 0.309 e. The molecule has 0 spiro atoms. The monoisotopic (exact) mass is 202 g/mol. The highest BCUT2D eigenvalue weighted by Crippen LogP contribution is 2.22. The van der Waals surface area contributed by atoms with E-state index in [0.717, 1.165) is 23.6 Å². The summed E-state index contributed by atoms with van der Waals surface area (Å²) in [5, 5.41) is 3.45. The molecular formula is C11H14N4. The van der Waals surface area contributed by atoms with Gasteiger partial charge in [-0.25, -0.2) is 9.97 Å². The quantitative estimate of drug-likeness (QED) is 0.761. The molecule has 0 saturated carbocycles. The molecule has 1 saturated heterocycles. The predicted octanol–water partition coefficient (Wildman–Crippen LogP) is 1.46. The van der Waals surface area contributed by atoms with Gasteiger partial charge in [-0.2, -0.15) is 0 Å². The van der Waals surface area contributed by atoms with Crippen LogP contribution in [0, 0.1) is 6.92 Å². The van der Waals surface area contributed by atoms with Crippen molar-refractivity contribution in [2.75, 3.05) is 6.54 Å². The maximum Gasteiger partial charge on any atom is 0.140 e. The zero-order valence-corrected chi connectivity index (χ0v) is 8.77. The Bertz CT molecular complexity index is 482. The van der Waals surface area contributed by atoms with Gasteiger partial charge in [0.2, 0.25) is 0 Å². The second kappa shape index (κ2) is 3.31. The molecule has 0 radical (unpaired) electrons. The fourth-order valence-corrected chi connectivity index (χ4v) is 2.11. The minimum atomic E-state index is 0.435. The normalized spacial score (nSPS) is 21.3. The van der Waals surface area contributed by atoms with Crippen molar-refractivity contribution in [2.45, 2.75) is 25.8 Å². The Hall–Kier alpha value is -1.42. The van der Waals surface area contributed by atoms with Gasteiger partial charge in [-0.15, -0.1) is 0 Å². The minimum absolute atomic E-state index is 0.435. The molecule has 3 rings (SSSR count). The van der Waals surface area contributed by atoms with Crippen molar-refractivity contribution < 1.29 is 0 Å². The maximum atomic E-state index is 4.62. The Balaban J connectivity index is 2.05. The third-order valence-electron chi connectivity index (χ3n) is 2.92. The van der Waals surface area contributed by atoms with Crippen molar-refractivity contribution in [3.63, 3.8) is 0 Å². The lowest BCUT2D eigenvalue weighted by atomic mass is 10.2. The van der Waals surface area contributed by atoms with Gasteiger partial charge >= 0.3 is 0 Å². The van der Waals surface area contributed by atoms with Crippen molar-refractivity contribution in [3.05, 3.63) is 30.0 Å². The topological polar surface area (TPSA) is 42.2 Å². The summed E-state index contributed by atoms with van der Waals surface area (Å²) >= 11 is 0. The van der Waals surface area contributed by atoms with Crippen molar-refractivity contribution in [2.24, 2.45) is 0 Å². The Kier molecular flexibility index (Phi) is 1.95. The number of imidazole rings is 1. The minimum Gasteiger partial charge on any atom is -0.309 e. The summed E-state index contributed by atoms with van der Waals surface area (Å²) in [5.41, 5.74) is 3.14. The molecule has 4 heteroatoms. The summed E-state index contributed by atoms with van der Waals surface area (Å²) in [7, 11) is 0. The number of nitrogens with zero attached hydrogens (tertiary/aromatic N) is 3. The van der Waals surface area contributed by atoms with Gasteiger partial charge in [0.25, 0.3) is 0 Å². The van der Waals surface area contributed by atoms with Crippen LogP contribution >= 0.6 is 0 Å². The van der Waals surface area contributed by atoms with Gasteiger partial charge in [0.05, 0.1) is 11.7 Å². The second-order valence-corrected chi connectivity index (χ2v) is 4.11. The first-order chi connectivity index (χ1) is 7.33. The zero-order valence-electron chi connectivity index (χ0n) is 8.77. The van der Waals surface area contributed by atoms with Gasteiger partial charge in [-0.05, 0) is 26.3 Å². The average Bonchev–Trinajstić information content (AvgIpc) is 2.84. The van der Waals surface area contributed by atoms with Crippen molar-refractivity contribution in [1.29, 1.82) is 0 Å². The number of nitrogens with one attached hydrogen (secondary N) is 1. The van der Waals surface area contributed by atoms with E-state index in [0.29, 0.717) is 6.04 Å². The van der Waals surface area contributed by atoms with Crippen LogP contribution in [0.3, 0.4) is 0 Å². The van der Waals surface area contributed by atoms with E-state index in [4.69, 9.17) is 0 Å². The van der Waals surface area contributed by atoms with Crippen molar-refractivity contribution in [3.8, 4) is 0 Å². The molecular weight excluding hydrogens is 188 g/mol. The lowest BCUT2D eigenvalue weighted by Crippen LogP contribution is -2.12. The summed E-state index contributed by atoms with van der Waals surface area (Å²) < 4.78 is 1.99. The van der Waals surface area contributed by atoms with Crippen LogP contribution in [0.2, 0.25) is 0 Å². The number of hydrogen-bond donors (Lipinski definition) is 1. The van der Waals surface area contributed by atoms with Crippen LogP contribution in [0.4, 0.5) is 0 Å². The SMILES string of the molecule is Cc1cc2nc(C3CCCN3)cn2cn1. The van der Waals surface area contributed by atoms with Crippen LogP contribution in [-0.2, 0) is 0 Å². The van der Waals surface area contributed by atoms with Gasteiger partial charge in [0.15, 0.2) is 0 Å². The fraction of sp³-hybridized carbons (Fsp3) is 0.455. The molecule has 15 heavy (non-hydrogen) atoms. The number of rotatable bonds is 1. The van der Waals surface area contributed by atoms with E-state index in [2.05, 4.69) is 21.5 Å². The zero-order chi connectivity index (χ0) is 10.3. The molecule has 0 aromatic carbocycles. The van der Waals surface area contributed by atoms with Crippen molar-refractivity contribution in [1.82, 2.24) is 19.7 Å². The van der Waals surface area contributed by atoms with E-state index < -0.39 is 0 Å². The van der Waals surface area contributed by atoms with Crippen LogP contribution in [0.5, 0.6) is 0 Å². The Morgan fingerprint density at radius 2 is 2.47 bits per heavy atom. The van der Waals surface area contributed by atoms with Gasteiger partial charge in [-0.3, -0.25) is 4.40 Å². The van der Waals surface area contributed by atoms with Gasteiger partial charge < -0.3 is 5.32 Å². The van der Waals surface area contributed by atoms with E-state index in [1.54, 1.807) is 0 Å². The number of aromatic nitrogens is 3. The number of aryl methyl sites for hydroxylation is 1. The second-order valence-electron chi connectivity index (χ2n) is 4.11. The molecule has 1 aliphatic rings. The lowest BCUT2D eigenvalue weighted by Gasteiger charge is -2.03. The summed E-state index contributed by atoms with van der Waals surface area (Å²) in [5.74, 6) is 0. The molecule has 0 bridgehead atoms. The third kappa shape index (κ3) is 1.51. The molecule has 0 aliphatic carbocycles. The van der Waals surface area contributed by atoms with E-state index >= 15 is 0 Å². The summed E-state index contributed by atoms with van der Waals surface area (Å²) in [6.45, 7) is 3.10. The van der Waals surface area contributed by atoms with Gasteiger partial charge in [-0.1, -0.05) is 0 Å². The first-order valence-corrected chi connectivity index (χ1v) is 5.37. The molecule has 2 aromatic heterocycles. The van der Waals surface area contributed by atoms with Crippen molar-refractivity contribution >= 4 is 5.65 Å². The highest BCUT2D eigenvalue weighted by molar-refractivity contribution is 5.40. The van der Waals surface area contributed by atoms with E-state index in [-0.39, 0.29) is 0 Å². The van der Waals surface area contributed by atoms with Crippen LogP contribution in [-0.4, -0.2) is 20.9 Å².